The van der Waals surface area contributed by atoms with Gasteiger partial charge in [0, 0.05) is 11.5 Å². The molecular formula is C12H9ClN6S. The number of hydrogen-bond donors (Lipinski definition) is 2. The summed E-state index contributed by atoms with van der Waals surface area (Å²) in [5.74, 6) is 0.619. The van der Waals surface area contributed by atoms with Gasteiger partial charge in [0.25, 0.3) is 0 Å². The SMILES string of the molecule is Nc1cc(N)nc(Sc2nc(Cl)nc3ccccc23)n1. The highest BCUT2D eigenvalue weighted by Gasteiger charge is 2.10. The summed E-state index contributed by atoms with van der Waals surface area (Å²) in [6.45, 7) is 0. The van der Waals surface area contributed by atoms with Crippen LogP contribution in [0.1, 0.15) is 0 Å². The maximum atomic E-state index is 5.93. The van der Waals surface area contributed by atoms with Crippen molar-refractivity contribution in [2.45, 2.75) is 10.2 Å². The van der Waals surface area contributed by atoms with E-state index in [0.717, 1.165) is 10.9 Å². The molecule has 0 saturated carbocycles. The summed E-state index contributed by atoms with van der Waals surface area (Å²) >= 11 is 7.17. The number of benzene rings is 1. The first-order chi connectivity index (χ1) is 9.61. The number of rotatable bonds is 2. The fourth-order valence-electron chi connectivity index (χ4n) is 1.69. The monoisotopic (exact) mass is 304 g/mol. The average Bonchev–Trinajstić information content (AvgIpc) is 2.37. The van der Waals surface area contributed by atoms with E-state index < -0.39 is 0 Å². The highest BCUT2D eigenvalue weighted by molar-refractivity contribution is 7.99. The van der Waals surface area contributed by atoms with E-state index in [2.05, 4.69) is 19.9 Å². The average molecular weight is 305 g/mol. The molecular weight excluding hydrogens is 296 g/mol. The zero-order valence-electron chi connectivity index (χ0n) is 10.1. The molecule has 0 bridgehead atoms. The minimum absolute atomic E-state index is 0.170. The normalized spacial score (nSPS) is 10.8. The lowest BCUT2D eigenvalue weighted by Crippen LogP contribution is -1.99. The predicted molar refractivity (Wildman–Crippen MR) is 79.5 cm³/mol. The molecule has 0 unspecified atom stereocenters. The lowest BCUT2D eigenvalue weighted by atomic mass is 10.2. The van der Waals surface area contributed by atoms with Crippen LogP contribution >= 0.6 is 23.4 Å². The third kappa shape index (κ3) is 2.59. The van der Waals surface area contributed by atoms with Crippen molar-refractivity contribution in [1.82, 2.24) is 19.9 Å². The van der Waals surface area contributed by atoms with Crippen LogP contribution in [0.15, 0.2) is 40.5 Å². The van der Waals surface area contributed by atoms with Crippen molar-refractivity contribution < 1.29 is 0 Å². The summed E-state index contributed by atoms with van der Waals surface area (Å²) in [4.78, 5) is 16.6. The van der Waals surface area contributed by atoms with Crippen LogP contribution in [0.2, 0.25) is 5.28 Å². The number of fused-ring (bicyclic) bond motifs is 1. The standard InChI is InChI=1S/C12H9ClN6S/c13-11-16-7-4-2-1-3-6(7)10(19-11)20-12-17-8(14)5-9(15)18-12/h1-5H,(H4,14,15,17,18). The van der Waals surface area contributed by atoms with Gasteiger partial charge in [0.2, 0.25) is 5.28 Å². The van der Waals surface area contributed by atoms with Gasteiger partial charge in [-0.1, -0.05) is 18.2 Å². The molecule has 0 aliphatic rings. The van der Waals surface area contributed by atoms with E-state index in [1.165, 1.54) is 17.8 Å². The van der Waals surface area contributed by atoms with E-state index in [0.29, 0.717) is 21.8 Å². The van der Waals surface area contributed by atoms with Crippen molar-refractivity contribution >= 4 is 45.9 Å². The molecule has 0 spiro atoms. The largest absolute Gasteiger partial charge is 0.383 e. The quantitative estimate of drug-likeness (QED) is 0.553. The van der Waals surface area contributed by atoms with Crippen LogP contribution < -0.4 is 11.5 Å². The highest BCUT2D eigenvalue weighted by Crippen LogP contribution is 2.30. The molecule has 3 rings (SSSR count). The first-order valence-corrected chi connectivity index (χ1v) is 6.81. The van der Waals surface area contributed by atoms with Gasteiger partial charge in [-0.15, -0.1) is 0 Å². The van der Waals surface area contributed by atoms with Gasteiger partial charge in [0.15, 0.2) is 5.16 Å². The van der Waals surface area contributed by atoms with Crippen LogP contribution in [0.5, 0.6) is 0 Å². The Morgan fingerprint density at radius 3 is 2.40 bits per heavy atom. The second-order valence-corrected chi connectivity index (χ2v) is 5.21. The van der Waals surface area contributed by atoms with E-state index in [9.17, 15) is 0 Å². The summed E-state index contributed by atoms with van der Waals surface area (Å²) in [6.07, 6.45) is 0. The smallest absolute Gasteiger partial charge is 0.224 e. The van der Waals surface area contributed by atoms with Crippen LogP contribution in [0.3, 0.4) is 0 Å². The van der Waals surface area contributed by atoms with Gasteiger partial charge < -0.3 is 11.5 Å². The van der Waals surface area contributed by atoms with Gasteiger partial charge in [-0.05, 0) is 29.4 Å². The molecule has 0 aliphatic carbocycles. The van der Waals surface area contributed by atoms with Crippen LogP contribution in [-0.4, -0.2) is 19.9 Å². The summed E-state index contributed by atoms with van der Waals surface area (Å²) < 4.78 is 0. The molecule has 0 amide bonds. The summed E-state index contributed by atoms with van der Waals surface area (Å²) in [6, 6.07) is 9.05. The van der Waals surface area contributed by atoms with Crippen LogP contribution in [-0.2, 0) is 0 Å². The molecule has 0 fully saturated rings. The Labute approximate surface area is 123 Å². The minimum Gasteiger partial charge on any atom is -0.383 e. The Morgan fingerprint density at radius 1 is 0.950 bits per heavy atom. The molecule has 0 aliphatic heterocycles. The number of nitrogens with two attached hydrogens (primary N) is 2. The molecule has 3 aromatic rings. The molecule has 4 N–H and O–H groups in total. The number of halogens is 1. The van der Waals surface area contributed by atoms with Crippen LogP contribution in [0.25, 0.3) is 10.9 Å². The molecule has 6 nitrogen and oxygen atoms in total. The van der Waals surface area contributed by atoms with Crippen LogP contribution in [0, 0.1) is 0 Å². The number of para-hydroxylation sites is 1. The molecule has 8 heteroatoms. The first-order valence-electron chi connectivity index (χ1n) is 5.62. The first kappa shape index (κ1) is 12.9. The summed E-state index contributed by atoms with van der Waals surface area (Å²) in [5, 5.41) is 2.11. The summed E-state index contributed by atoms with van der Waals surface area (Å²) in [5.41, 5.74) is 12.1. The highest BCUT2D eigenvalue weighted by atomic mass is 35.5. The van der Waals surface area contributed by atoms with Gasteiger partial charge in [0.1, 0.15) is 16.7 Å². The lowest BCUT2D eigenvalue weighted by molar-refractivity contribution is 0.977. The Balaban J connectivity index is 2.10. The second kappa shape index (κ2) is 5.10. The van der Waals surface area contributed by atoms with Gasteiger partial charge in [-0.25, -0.2) is 19.9 Å². The minimum atomic E-state index is 0.170. The molecule has 0 atom stereocenters. The van der Waals surface area contributed by atoms with Gasteiger partial charge in [-0.2, -0.15) is 0 Å². The fourth-order valence-corrected chi connectivity index (χ4v) is 2.81. The van der Waals surface area contributed by atoms with Crippen molar-refractivity contribution in [3.8, 4) is 0 Å². The molecule has 1 aromatic carbocycles. The van der Waals surface area contributed by atoms with E-state index in [4.69, 9.17) is 23.1 Å². The van der Waals surface area contributed by atoms with Gasteiger partial charge >= 0.3 is 0 Å². The Hall–Kier alpha value is -2.12. The van der Waals surface area contributed by atoms with Gasteiger partial charge in [0.05, 0.1) is 5.52 Å². The molecule has 0 radical (unpaired) electrons. The van der Waals surface area contributed by atoms with Gasteiger partial charge in [-0.3, -0.25) is 0 Å². The molecule has 20 heavy (non-hydrogen) atoms. The maximum absolute atomic E-state index is 5.93. The number of anilines is 2. The zero-order valence-corrected chi connectivity index (χ0v) is 11.7. The molecule has 2 heterocycles. The number of aromatic nitrogens is 4. The summed E-state index contributed by atoms with van der Waals surface area (Å²) in [7, 11) is 0. The molecule has 2 aromatic heterocycles. The predicted octanol–water partition coefficient (Wildman–Crippen LogP) is 2.39. The maximum Gasteiger partial charge on any atom is 0.224 e. The number of nitrogen functional groups attached to an aromatic ring is 2. The zero-order chi connectivity index (χ0) is 14.1. The second-order valence-electron chi connectivity index (χ2n) is 3.92. The Morgan fingerprint density at radius 2 is 1.65 bits per heavy atom. The topological polar surface area (TPSA) is 104 Å². The number of nitrogens with zero attached hydrogens (tertiary/aromatic N) is 4. The van der Waals surface area contributed by atoms with E-state index in [1.54, 1.807) is 0 Å². The van der Waals surface area contributed by atoms with Crippen LogP contribution in [0.4, 0.5) is 11.6 Å². The van der Waals surface area contributed by atoms with Crippen molar-refractivity contribution in [3.05, 3.63) is 35.6 Å². The third-order valence-corrected chi connectivity index (χ3v) is 3.51. The van der Waals surface area contributed by atoms with Crippen molar-refractivity contribution in [2.24, 2.45) is 0 Å². The third-order valence-electron chi connectivity index (χ3n) is 2.47. The van der Waals surface area contributed by atoms with Crippen molar-refractivity contribution in [3.63, 3.8) is 0 Å². The Bertz CT molecular complexity index is 774. The number of hydrogen-bond acceptors (Lipinski definition) is 7. The van der Waals surface area contributed by atoms with Crippen molar-refractivity contribution in [2.75, 3.05) is 11.5 Å². The van der Waals surface area contributed by atoms with E-state index in [1.807, 2.05) is 24.3 Å². The van der Waals surface area contributed by atoms with E-state index in [-0.39, 0.29) is 5.28 Å². The van der Waals surface area contributed by atoms with Crippen molar-refractivity contribution in [1.29, 1.82) is 0 Å². The molecule has 0 saturated heterocycles. The lowest BCUT2D eigenvalue weighted by Gasteiger charge is -2.05. The Kier molecular flexibility index (Phi) is 3.29. The van der Waals surface area contributed by atoms with E-state index >= 15 is 0 Å². The fraction of sp³-hybridized carbons (Fsp3) is 0. The molecule has 100 valence electrons.